The number of nitrogens with two attached hydrogens (primary N) is 1. The Balaban J connectivity index is 2.28. The fourth-order valence-electron chi connectivity index (χ4n) is 1.67. The van der Waals surface area contributed by atoms with Crippen LogP contribution in [-0.2, 0) is 0 Å². The van der Waals surface area contributed by atoms with Crippen LogP contribution < -0.4 is 16.4 Å². The van der Waals surface area contributed by atoms with Gasteiger partial charge < -0.3 is 16.4 Å². The van der Waals surface area contributed by atoms with Crippen molar-refractivity contribution < 1.29 is 0 Å². The molecule has 0 saturated heterocycles. The fourth-order valence-corrected chi connectivity index (χ4v) is 2.02. The number of nitrogen functional groups attached to an aromatic ring is 1. The maximum Gasteiger partial charge on any atom is 0.159 e. The normalized spacial score (nSPS) is 12.0. The highest BCUT2D eigenvalue weighted by Gasteiger charge is 2.12. The molecule has 7 heteroatoms. The SMILES string of the molecule is CCC(C)Nc1ncnc(Nc2cccc(Cl)c2Cl)c1N. The lowest BCUT2D eigenvalue weighted by Crippen LogP contribution is -2.16. The first-order valence-electron chi connectivity index (χ1n) is 6.61. The van der Waals surface area contributed by atoms with E-state index in [4.69, 9.17) is 28.9 Å². The first-order chi connectivity index (χ1) is 10.0. The van der Waals surface area contributed by atoms with Crippen LogP contribution in [-0.4, -0.2) is 16.0 Å². The van der Waals surface area contributed by atoms with Gasteiger partial charge in [-0.25, -0.2) is 9.97 Å². The molecule has 0 radical (unpaired) electrons. The van der Waals surface area contributed by atoms with E-state index in [2.05, 4.69) is 34.4 Å². The lowest BCUT2D eigenvalue weighted by Gasteiger charge is -2.16. The number of benzene rings is 1. The third kappa shape index (κ3) is 3.68. The highest BCUT2D eigenvalue weighted by molar-refractivity contribution is 6.43. The van der Waals surface area contributed by atoms with Gasteiger partial charge in [0.15, 0.2) is 11.6 Å². The van der Waals surface area contributed by atoms with Crippen LogP contribution in [0.5, 0.6) is 0 Å². The van der Waals surface area contributed by atoms with E-state index in [1.165, 1.54) is 6.33 Å². The molecule has 21 heavy (non-hydrogen) atoms. The summed E-state index contributed by atoms with van der Waals surface area (Å²) in [7, 11) is 0. The number of rotatable bonds is 5. The molecular formula is C14H17Cl2N5. The molecule has 1 aromatic carbocycles. The summed E-state index contributed by atoms with van der Waals surface area (Å²) in [5, 5.41) is 7.21. The van der Waals surface area contributed by atoms with E-state index in [-0.39, 0.29) is 6.04 Å². The van der Waals surface area contributed by atoms with Gasteiger partial charge in [-0.1, -0.05) is 36.2 Å². The molecule has 0 amide bonds. The van der Waals surface area contributed by atoms with E-state index in [1.54, 1.807) is 18.2 Å². The molecule has 0 saturated carbocycles. The lowest BCUT2D eigenvalue weighted by atomic mass is 10.2. The molecule has 1 heterocycles. The van der Waals surface area contributed by atoms with Crippen LogP contribution in [0.3, 0.4) is 0 Å². The zero-order valence-electron chi connectivity index (χ0n) is 11.8. The molecule has 2 rings (SSSR count). The van der Waals surface area contributed by atoms with Gasteiger partial charge in [-0.05, 0) is 25.5 Å². The molecule has 5 nitrogen and oxygen atoms in total. The second kappa shape index (κ2) is 6.83. The van der Waals surface area contributed by atoms with E-state index < -0.39 is 0 Å². The Hall–Kier alpha value is -1.72. The van der Waals surface area contributed by atoms with Crippen molar-refractivity contribution >= 4 is 46.2 Å². The van der Waals surface area contributed by atoms with Gasteiger partial charge >= 0.3 is 0 Å². The van der Waals surface area contributed by atoms with Crippen LogP contribution in [0.4, 0.5) is 23.0 Å². The molecule has 2 aromatic rings. The number of hydrogen-bond donors (Lipinski definition) is 3. The van der Waals surface area contributed by atoms with Crippen LogP contribution >= 0.6 is 23.2 Å². The molecule has 0 spiro atoms. The van der Waals surface area contributed by atoms with Gasteiger partial charge in [0.2, 0.25) is 0 Å². The number of anilines is 4. The molecule has 1 aromatic heterocycles. The van der Waals surface area contributed by atoms with Crippen molar-refractivity contribution in [2.75, 3.05) is 16.4 Å². The highest BCUT2D eigenvalue weighted by atomic mass is 35.5. The standard InChI is InChI=1S/C14H17Cl2N5/c1-3-8(2)20-13-12(17)14(19-7-18-13)21-10-6-4-5-9(15)11(10)16/h4-8H,3,17H2,1-2H3,(H2,18,19,20,21). The van der Waals surface area contributed by atoms with E-state index in [0.29, 0.717) is 33.1 Å². The fraction of sp³-hybridized carbons (Fsp3) is 0.286. The van der Waals surface area contributed by atoms with E-state index in [9.17, 15) is 0 Å². The Kier molecular flexibility index (Phi) is 5.09. The third-order valence-electron chi connectivity index (χ3n) is 3.08. The average Bonchev–Trinajstić information content (AvgIpc) is 2.47. The number of halogens is 2. The van der Waals surface area contributed by atoms with Gasteiger partial charge in [0.05, 0.1) is 15.7 Å². The molecule has 0 aliphatic rings. The predicted molar refractivity (Wildman–Crippen MR) is 89.6 cm³/mol. The molecule has 0 aliphatic carbocycles. The summed E-state index contributed by atoms with van der Waals surface area (Å²) in [6, 6.07) is 5.59. The van der Waals surface area contributed by atoms with Crippen molar-refractivity contribution in [2.45, 2.75) is 26.3 Å². The summed E-state index contributed by atoms with van der Waals surface area (Å²) in [6.45, 7) is 4.14. The zero-order chi connectivity index (χ0) is 15.4. The topological polar surface area (TPSA) is 75.9 Å². The van der Waals surface area contributed by atoms with Crippen molar-refractivity contribution in [3.8, 4) is 0 Å². The average molecular weight is 326 g/mol. The first kappa shape index (κ1) is 15.7. The molecule has 0 fully saturated rings. The Labute approximate surface area is 133 Å². The van der Waals surface area contributed by atoms with Crippen molar-refractivity contribution in [1.82, 2.24) is 9.97 Å². The van der Waals surface area contributed by atoms with Crippen molar-refractivity contribution in [3.63, 3.8) is 0 Å². The van der Waals surface area contributed by atoms with Crippen molar-refractivity contribution in [2.24, 2.45) is 0 Å². The minimum Gasteiger partial charge on any atom is -0.393 e. The maximum atomic E-state index is 6.15. The van der Waals surface area contributed by atoms with Crippen molar-refractivity contribution in [1.29, 1.82) is 0 Å². The van der Waals surface area contributed by atoms with Crippen LogP contribution in [0, 0.1) is 0 Å². The molecule has 0 bridgehead atoms. The van der Waals surface area contributed by atoms with Gasteiger partial charge in [-0.2, -0.15) is 0 Å². The number of aromatic nitrogens is 2. The van der Waals surface area contributed by atoms with Gasteiger partial charge in [0.25, 0.3) is 0 Å². The van der Waals surface area contributed by atoms with E-state index in [1.807, 2.05) is 0 Å². The third-order valence-corrected chi connectivity index (χ3v) is 3.90. The summed E-state index contributed by atoms with van der Waals surface area (Å²) < 4.78 is 0. The van der Waals surface area contributed by atoms with Gasteiger partial charge in [-0.15, -0.1) is 0 Å². The summed E-state index contributed by atoms with van der Waals surface area (Å²) in [5.74, 6) is 1.08. The minimum atomic E-state index is 0.268. The lowest BCUT2D eigenvalue weighted by molar-refractivity contribution is 0.759. The largest absolute Gasteiger partial charge is 0.393 e. The van der Waals surface area contributed by atoms with Gasteiger partial charge in [-0.3, -0.25) is 0 Å². The summed E-state index contributed by atoms with van der Waals surface area (Å²) in [5.41, 5.74) is 7.18. The molecule has 1 atom stereocenters. The summed E-state index contributed by atoms with van der Waals surface area (Å²) in [4.78, 5) is 8.31. The second-order valence-corrected chi connectivity index (χ2v) is 5.45. The smallest absolute Gasteiger partial charge is 0.159 e. The number of hydrogen-bond acceptors (Lipinski definition) is 5. The molecule has 0 aliphatic heterocycles. The molecule has 4 N–H and O–H groups in total. The summed E-state index contributed by atoms with van der Waals surface area (Å²) in [6.07, 6.45) is 2.41. The Morgan fingerprint density at radius 2 is 1.95 bits per heavy atom. The van der Waals surface area contributed by atoms with Crippen LogP contribution in [0.25, 0.3) is 0 Å². The first-order valence-corrected chi connectivity index (χ1v) is 7.36. The molecular weight excluding hydrogens is 309 g/mol. The molecule has 112 valence electrons. The highest BCUT2D eigenvalue weighted by Crippen LogP contribution is 2.33. The number of nitrogens with one attached hydrogen (secondary N) is 2. The van der Waals surface area contributed by atoms with Crippen molar-refractivity contribution in [3.05, 3.63) is 34.6 Å². The van der Waals surface area contributed by atoms with Crippen LogP contribution in [0.1, 0.15) is 20.3 Å². The Morgan fingerprint density at radius 3 is 2.67 bits per heavy atom. The zero-order valence-corrected chi connectivity index (χ0v) is 13.3. The predicted octanol–water partition coefficient (Wildman–Crippen LogP) is 4.32. The van der Waals surface area contributed by atoms with Crippen LogP contribution in [0.2, 0.25) is 10.0 Å². The minimum absolute atomic E-state index is 0.268. The maximum absolute atomic E-state index is 6.15. The Bertz CT molecular complexity index is 633. The Morgan fingerprint density at radius 1 is 1.24 bits per heavy atom. The van der Waals surface area contributed by atoms with E-state index >= 15 is 0 Å². The van der Waals surface area contributed by atoms with Gasteiger partial charge in [0, 0.05) is 6.04 Å². The quantitative estimate of drug-likeness (QED) is 0.763. The molecule has 1 unspecified atom stereocenters. The number of nitrogens with zero attached hydrogens (tertiary/aromatic N) is 2. The van der Waals surface area contributed by atoms with E-state index in [0.717, 1.165) is 6.42 Å². The second-order valence-electron chi connectivity index (χ2n) is 4.66. The van der Waals surface area contributed by atoms with Crippen LogP contribution in [0.15, 0.2) is 24.5 Å². The van der Waals surface area contributed by atoms with Gasteiger partial charge in [0.1, 0.15) is 12.0 Å². The summed E-state index contributed by atoms with van der Waals surface area (Å²) >= 11 is 12.1. The monoisotopic (exact) mass is 325 g/mol.